The van der Waals surface area contributed by atoms with Gasteiger partial charge in [0, 0.05) is 6.20 Å². The van der Waals surface area contributed by atoms with Crippen molar-refractivity contribution in [2.75, 3.05) is 11.9 Å². The average molecular weight is 299 g/mol. The molecular weight excluding hydrogens is 284 g/mol. The molecule has 9 heteroatoms. The van der Waals surface area contributed by atoms with Crippen molar-refractivity contribution in [1.29, 1.82) is 0 Å². The van der Waals surface area contributed by atoms with Crippen LogP contribution in [0.25, 0.3) is 0 Å². The van der Waals surface area contributed by atoms with Crippen LogP contribution in [0, 0.1) is 13.8 Å². The lowest BCUT2D eigenvalue weighted by Crippen LogP contribution is -2.13. The van der Waals surface area contributed by atoms with E-state index in [4.69, 9.17) is 5.11 Å². The maximum absolute atomic E-state index is 12.7. The number of hydrogen-bond acceptors (Lipinski definition) is 4. The predicted octanol–water partition coefficient (Wildman–Crippen LogP) is 1.34. The van der Waals surface area contributed by atoms with Crippen LogP contribution >= 0.6 is 0 Å². The average Bonchev–Trinajstić information content (AvgIpc) is 2.99. The molecule has 2 rings (SSSR count). The molecule has 0 aromatic carbocycles. The molecule has 0 fully saturated rings. The standard InChI is InChI=1S/C12H15F2N5O2/c1-7-10(8(2)19(17-7)12(13)14)16-11(21)9-5-15-18(6-9)3-4-20/h5-6,12,20H,3-4H2,1-2H3,(H,16,21). The summed E-state index contributed by atoms with van der Waals surface area (Å²) in [7, 11) is 0. The highest BCUT2D eigenvalue weighted by Gasteiger charge is 2.19. The first kappa shape index (κ1) is 15.1. The second-order valence-electron chi connectivity index (χ2n) is 4.44. The lowest BCUT2D eigenvalue weighted by molar-refractivity contribution is 0.0541. The van der Waals surface area contributed by atoms with Gasteiger partial charge in [-0.2, -0.15) is 19.0 Å². The number of carbonyl (C=O) groups excluding carboxylic acids is 1. The summed E-state index contributed by atoms with van der Waals surface area (Å²) in [6.07, 6.45) is 2.81. The maximum atomic E-state index is 12.7. The zero-order chi connectivity index (χ0) is 15.6. The predicted molar refractivity (Wildman–Crippen MR) is 70.2 cm³/mol. The van der Waals surface area contributed by atoms with Gasteiger partial charge in [-0.3, -0.25) is 9.48 Å². The summed E-state index contributed by atoms with van der Waals surface area (Å²) in [6, 6.07) is 0. The van der Waals surface area contributed by atoms with E-state index in [9.17, 15) is 13.6 Å². The summed E-state index contributed by atoms with van der Waals surface area (Å²) in [4.78, 5) is 12.1. The van der Waals surface area contributed by atoms with Crippen LogP contribution in [0.3, 0.4) is 0 Å². The van der Waals surface area contributed by atoms with Crippen molar-refractivity contribution in [1.82, 2.24) is 19.6 Å². The number of aliphatic hydroxyl groups excluding tert-OH is 1. The SMILES string of the molecule is Cc1nn(C(F)F)c(C)c1NC(=O)c1cnn(CCO)c1. The summed E-state index contributed by atoms with van der Waals surface area (Å²) in [5.41, 5.74) is 1.02. The summed E-state index contributed by atoms with van der Waals surface area (Å²) < 4.78 is 27.4. The summed E-state index contributed by atoms with van der Waals surface area (Å²) in [6.45, 7) is 0.409. The lowest BCUT2D eigenvalue weighted by atomic mass is 10.2. The molecule has 0 saturated carbocycles. The molecule has 2 heterocycles. The van der Waals surface area contributed by atoms with Gasteiger partial charge in [-0.05, 0) is 13.8 Å². The fourth-order valence-corrected chi connectivity index (χ4v) is 1.93. The third-order valence-electron chi connectivity index (χ3n) is 2.97. The van der Waals surface area contributed by atoms with E-state index in [0.717, 1.165) is 0 Å². The van der Waals surface area contributed by atoms with Crippen LogP contribution in [0.15, 0.2) is 12.4 Å². The smallest absolute Gasteiger partial charge is 0.333 e. The zero-order valence-electron chi connectivity index (χ0n) is 11.5. The number of carbonyl (C=O) groups is 1. The van der Waals surface area contributed by atoms with E-state index in [1.807, 2.05) is 0 Å². The van der Waals surface area contributed by atoms with Crippen LogP contribution in [0.2, 0.25) is 0 Å². The normalized spacial score (nSPS) is 11.1. The van der Waals surface area contributed by atoms with Gasteiger partial charge < -0.3 is 10.4 Å². The van der Waals surface area contributed by atoms with E-state index >= 15 is 0 Å². The molecule has 0 aliphatic carbocycles. The van der Waals surface area contributed by atoms with Crippen LogP contribution in [-0.2, 0) is 6.54 Å². The largest absolute Gasteiger partial charge is 0.394 e. The minimum atomic E-state index is -2.76. The number of alkyl halides is 2. The van der Waals surface area contributed by atoms with Crippen molar-refractivity contribution in [2.45, 2.75) is 26.9 Å². The highest BCUT2D eigenvalue weighted by Crippen LogP contribution is 2.24. The Balaban J connectivity index is 2.19. The number of nitrogens with one attached hydrogen (secondary N) is 1. The monoisotopic (exact) mass is 299 g/mol. The van der Waals surface area contributed by atoms with Gasteiger partial charge in [0.15, 0.2) is 0 Å². The minimum absolute atomic E-state index is 0.0951. The number of aryl methyl sites for hydroxylation is 1. The Morgan fingerprint density at radius 1 is 1.48 bits per heavy atom. The molecule has 0 spiro atoms. The van der Waals surface area contributed by atoms with Crippen LogP contribution in [-0.4, -0.2) is 37.2 Å². The molecule has 2 aromatic heterocycles. The van der Waals surface area contributed by atoms with E-state index < -0.39 is 12.5 Å². The second kappa shape index (κ2) is 6.00. The molecule has 0 atom stereocenters. The van der Waals surface area contributed by atoms with Crippen molar-refractivity contribution < 1.29 is 18.7 Å². The molecule has 114 valence electrons. The van der Waals surface area contributed by atoms with Crippen LogP contribution in [0.5, 0.6) is 0 Å². The Labute approximate surface area is 119 Å². The van der Waals surface area contributed by atoms with Crippen LogP contribution in [0.1, 0.15) is 28.3 Å². The third-order valence-corrected chi connectivity index (χ3v) is 2.97. The Bertz CT molecular complexity index is 650. The summed E-state index contributed by atoms with van der Waals surface area (Å²) >= 11 is 0. The quantitative estimate of drug-likeness (QED) is 0.872. The molecule has 1 amide bonds. The fourth-order valence-electron chi connectivity index (χ4n) is 1.93. The first-order valence-corrected chi connectivity index (χ1v) is 6.22. The molecule has 0 aliphatic rings. The Hall–Kier alpha value is -2.29. The van der Waals surface area contributed by atoms with Gasteiger partial charge >= 0.3 is 6.55 Å². The first-order chi connectivity index (χ1) is 9.93. The van der Waals surface area contributed by atoms with Gasteiger partial charge in [0.05, 0.1) is 42.0 Å². The molecular formula is C12H15F2N5O2. The number of rotatable bonds is 5. The lowest BCUT2D eigenvalue weighted by Gasteiger charge is -2.05. The first-order valence-electron chi connectivity index (χ1n) is 6.22. The number of aromatic nitrogens is 4. The van der Waals surface area contributed by atoms with Crippen LogP contribution < -0.4 is 5.32 Å². The topological polar surface area (TPSA) is 85.0 Å². The van der Waals surface area contributed by atoms with Gasteiger partial charge in [0.1, 0.15) is 0 Å². The molecule has 2 N–H and O–H groups in total. The Kier molecular flexibility index (Phi) is 4.32. The highest BCUT2D eigenvalue weighted by molar-refractivity contribution is 6.04. The van der Waals surface area contributed by atoms with E-state index in [1.54, 1.807) is 0 Å². The van der Waals surface area contributed by atoms with Crippen molar-refractivity contribution in [2.24, 2.45) is 0 Å². The summed E-state index contributed by atoms with van der Waals surface area (Å²) in [5.74, 6) is -0.473. The fraction of sp³-hybridized carbons (Fsp3) is 0.417. The Morgan fingerprint density at radius 3 is 2.76 bits per heavy atom. The Morgan fingerprint density at radius 2 is 2.19 bits per heavy atom. The van der Waals surface area contributed by atoms with Crippen LogP contribution in [0.4, 0.5) is 14.5 Å². The number of hydrogen-bond donors (Lipinski definition) is 2. The molecule has 0 saturated heterocycles. The van der Waals surface area contributed by atoms with Gasteiger partial charge in [0.25, 0.3) is 5.91 Å². The molecule has 7 nitrogen and oxygen atoms in total. The molecule has 0 radical (unpaired) electrons. The number of amides is 1. The number of nitrogens with zero attached hydrogens (tertiary/aromatic N) is 4. The second-order valence-corrected chi connectivity index (χ2v) is 4.44. The number of anilines is 1. The van der Waals surface area contributed by atoms with E-state index in [2.05, 4.69) is 15.5 Å². The van der Waals surface area contributed by atoms with Gasteiger partial charge in [0.2, 0.25) is 0 Å². The minimum Gasteiger partial charge on any atom is -0.394 e. The van der Waals surface area contributed by atoms with E-state index in [0.29, 0.717) is 10.4 Å². The van der Waals surface area contributed by atoms with Crippen molar-refractivity contribution >= 4 is 11.6 Å². The maximum Gasteiger partial charge on any atom is 0.333 e. The van der Waals surface area contributed by atoms with Crippen molar-refractivity contribution in [3.63, 3.8) is 0 Å². The van der Waals surface area contributed by atoms with Gasteiger partial charge in [-0.1, -0.05) is 0 Å². The van der Waals surface area contributed by atoms with Crippen molar-refractivity contribution in [3.05, 3.63) is 29.3 Å². The summed E-state index contributed by atoms with van der Waals surface area (Å²) in [5, 5.41) is 18.9. The van der Waals surface area contributed by atoms with Gasteiger partial charge in [-0.15, -0.1) is 0 Å². The zero-order valence-corrected chi connectivity index (χ0v) is 11.5. The van der Waals surface area contributed by atoms with Crippen molar-refractivity contribution in [3.8, 4) is 0 Å². The van der Waals surface area contributed by atoms with Gasteiger partial charge in [-0.25, -0.2) is 4.68 Å². The molecule has 0 aliphatic heterocycles. The molecule has 21 heavy (non-hydrogen) atoms. The van der Waals surface area contributed by atoms with E-state index in [-0.39, 0.29) is 30.1 Å². The third kappa shape index (κ3) is 3.07. The molecule has 0 unspecified atom stereocenters. The highest BCUT2D eigenvalue weighted by atomic mass is 19.3. The molecule has 0 bridgehead atoms. The van der Waals surface area contributed by atoms with E-state index in [1.165, 1.54) is 30.9 Å². The number of aliphatic hydroxyl groups is 1. The molecule has 2 aromatic rings. The number of halogens is 2.